The van der Waals surface area contributed by atoms with Crippen LogP contribution in [0.25, 0.3) is 11.1 Å². The first-order valence-electron chi connectivity index (χ1n) is 14.6. The number of carbonyl (C=O) groups excluding carboxylic acids is 2. The van der Waals surface area contributed by atoms with Crippen LogP contribution in [-0.2, 0) is 20.8 Å². The zero-order chi connectivity index (χ0) is 31.7. The second-order valence-electron chi connectivity index (χ2n) is 11.2. The Morgan fingerprint density at radius 2 is 1.51 bits per heavy atom. The second kappa shape index (κ2) is 12.4. The van der Waals surface area contributed by atoms with Gasteiger partial charge in [-0.25, -0.2) is 14.4 Å². The number of aliphatic carboxylic acids is 1. The summed E-state index contributed by atoms with van der Waals surface area (Å²) < 4.78 is 13.2. The number of carbonyl (C=O) groups is 3. The molecule has 1 N–H and O–H groups in total. The highest BCUT2D eigenvalue weighted by atomic mass is 16.6. The summed E-state index contributed by atoms with van der Waals surface area (Å²) in [4.78, 5) is 65.8. The Kier molecular flexibility index (Phi) is 8.18. The van der Waals surface area contributed by atoms with E-state index in [0.717, 1.165) is 22.3 Å². The number of fused-ring (bicyclic) bond motifs is 3. The van der Waals surface area contributed by atoms with E-state index in [4.69, 9.17) is 14.6 Å². The number of aryl methyl sites for hydroxylation is 1. The number of hydrogen-bond acceptors (Lipinski definition) is 7. The van der Waals surface area contributed by atoms with Crippen LogP contribution in [-0.4, -0.2) is 69.0 Å². The van der Waals surface area contributed by atoms with Gasteiger partial charge in [0.25, 0.3) is 11.5 Å². The maximum absolute atomic E-state index is 13.6. The molecule has 0 spiro atoms. The minimum absolute atomic E-state index is 0.0466. The van der Waals surface area contributed by atoms with Crippen molar-refractivity contribution in [3.8, 4) is 11.1 Å². The normalized spacial score (nSPS) is 17.1. The quantitative estimate of drug-likeness (QED) is 0.321. The number of hydrogen-bond donors (Lipinski definition) is 1. The third-order valence-electron chi connectivity index (χ3n) is 8.35. The van der Waals surface area contributed by atoms with Gasteiger partial charge >= 0.3 is 17.8 Å². The summed E-state index contributed by atoms with van der Waals surface area (Å²) in [5.41, 5.74) is 3.06. The standard InChI is InChI=1S/C34H31N3O8/c1-21-16-35(33(42)37(31(21)40)32(41)22-9-3-2-4-10-22)17-23-15-24(44-20-30(38)39)18-36(23)34(43)45-19-29-27-13-7-5-11-25(27)26-12-6-8-14-28(26)29/h2-14,16,23-24,29H,15,17-20H2,1H3,(H,38,39)/t23-,24-/m0/s1. The van der Waals surface area contributed by atoms with Crippen molar-refractivity contribution in [1.29, 1.82) is 0 Å². The molecule has 2 heterocycles. The summed E-state index contributed by atoms with van der Waals surface area (Å²) in [5.74, 6) is -2.07. The van der Waals surface area contributed by atoms with Gasteiger partial charge in [0, 0.05) is 29.8 Å². The number of benzene rings is 3. The van der Waals surface area contributed by atoms with Gasteiger partial charge in [0.05, 0.1) is 18.7 Å². The van der Waals surface area contributed by atoms with Gasteiger partial charge in [-0.05, 0) is 47.7 Å². The van der Waals surface area contributed by atoms with Crippen molar-refractivity contribution in [1.82, 2.24) is 14.0 Å². The van der Waals surface area contributed by atoms with Gasteiger partial charge in [0.1, 0.15) is 13.2 Å². The molecule has 1 amide bonds. The van der Waals surface area contributed by atoms with Crippen LogP contribution in [0.3, 0.4) is 0 Å². The van der Waals surface area contributed by atoms with E-state index in [1.54, 1.807) is 18.2 Å². The lowest BCUT2D eigenvalue weighted by atomic mass is 9.98. The number of carboxylic acid groups (broad SMARTS) is 1. The molecular formula is C34H31N3O8. The smallest absolute Gasteiger partial charge is 0.410 e. The van der Waals surface area contributed by atoms with Crippen LogP contribution in [0.15, 0.2) is 94.6 Å². The molecule has 45 heavy (non-hydrogen) atoms. The molecule has 1 aromatic heterocycles. The van der Waals surface area contributed by atoms with Crippen molar-refractivity contribution in [2.75, 3.05) is 19.8 Å². The first-order chi connectivity index (χ1) is 21.7. The summed E-state index contributed by atoms with van der Waals surface area (Å²) in [6.07, 6.45) is 0.317. The first-order valence-corrected chi connectivity index (χ1v) is 14.6. The Hall–Kier alpha value is -5.29. The van der Waals surface area contributed by atoms with Crippen LogP contribution in [0.2, 0.25) is 0 Å². The summed E-state index contributed by atoms with van der Waals surface area (Å²) in [5, 5.41) is 9.15. The molecule has 2 aliphatic rings. The molecule has 2 atom stereocenters. The molecule has 0 bridgehead atoms. The van der Waals surface area contributed by atoms with Gasteiger partial charge in [-0.1, -0.05) is 66.7 Å². The van der Waals surface area contributed by atoms with Crippen molar-refractivity contribution in [3.05, 3.63) is 128 Å². The lowest BCUT2D eigenvalue weighted by Gasteiger charge is -2.25. The minimum atomic E-state index is -1.15. The van der Waals surface area contributed by atoms with Crippen LogP contribution >= 0.6 is 0 Å². The van der Waals surface area contributed by atoms with Gasteiger partial charge in [-0.3, -0.25) is 14.2 Å². The number of nitrogens with zero attached hydrogens (tertiary/aromatic N) is 3. The lowest BCUT2D eigenvalue weighted by molar-refractivity contribution is -0.144. The molecule has 4 aromatic rings. The Labute approximate surface area is 257 Å². The number of carboxylic acids is 1. The predicted molar refractivity (Wildman–Crippen MR) is 163 cm³/mol. The summed E-state index contributed by atoms with van der Waals surface area (Å²) in [6.45, 7) is 1.01. The summed E-state index contributed by atoms with van der Waals surface area (Å²) in [6, 6.07) is 23.3. The Bertz CT molecular complexity index is 1850. The average Bonchev–Trinajstić information content (AvgIpc) is 3.60. The fraction of sp³-hybridized carbons (Fsp3) is 0.265. The molecule has 1 saturated heterocycles. The summed E-state index contributed by atoms with van der Waals surface area (Å²) >= 11 is 0. The van der Waals surface area contributed by atoms with E-state index in [2.05, 4.69) is 0 Å². The first kappa shape index (κ1) is 29.8. The fourth-order valence-corrected chi connectivity index (χ4v) is 6.24. The molecule has 0 radical (unpaired) electrons. The molecule has 230 valence electrons. The van der Waals surface area contributed by atoms with Crippen molar-refractivity contribution >= 4 is 18.0 Å². The van der Waals surface area contributed by atoms with Crippen LogP contribution in [0.4, 0.5) is 4.79 Å². The van der Waals surface area contributed by atoms with Crippen molar-refractivity contribution < 1.29 is 29.0 Å². The van der Waals surface area contributed by atoms with Crippen molar-refractivity contribution in [2.24, 2.45) is 0 Å². The van der Waals surface area contributed by atoms with Crippen LogP contribution in [0.5, 0.6) is 0 Å². The predicted octanol–water partition coefficient (Wildman–Crippen LogP) is 3.50. The van der Waals surface area contributed by atoms with E-state index in [1.165, 1.54) is 34.7 Å². The van der Waals surface area contributed by atoms with Crippen molar-refractivity contribution in [3.63, 3.8) is 0 Å². The highest BCUT2D eigenvalue weighted by Gasteiger charge is 2.39. The van der Waals surface area contributed by atoms with Gasteiger partial charge in [0.2, 0.25) is 0 Å². The molecule has 11 heteroatoms. The molecule has 0 unspecified atom stereocenters. The molecule has 3 aromatic carbocycles. The van der Waals surface area contributed by atoms with Crippen LogP contribution in [0.1, 0.15) is 39.4 Å². The molecule has 1 fully saturated rings. The maximum Gasteiger partial charge on any atom is 0.410 e. The molecule has 11 nitrogen and oxygen atoms in total. The van der Waals surface area contributed by atoms with Gasteiger partial charge in [-0.15, -0.1) is 0 Å². The average molecular weight is 610 g/mol. The number of amides is 1. The molecule has 6 rings (SSSR count). The molecule has 1 aliphatic heterocycles. The van der Waals surface area contributed by atoms with Crippen LogP contribution in [0, 0.1) is 6.92 Å². The fourth-order valence-electron chi connectivity index (χ4n) is 6.24. The Balaban J connectivity index is 1.26. The summed E-state index contributed by atoms with van der Waals surface area (Å²) in [7, 11) is 0. The number of likely N-dealkylation sites (tertiary alicyclic amines) is 1. The zero-order valence-corrected chi connectivity index (χ0v) is 24.5. The number of ether oxygens (including phenoxy) is 2. The Morgan fingerprint density at radius 1 is 0.889 bits per heavy atom. The van der Waals surface area contributed by atoms with E-state index in [-0.39, 0.29) is 43.2 Å². The monoisotopic (exact) mass is 609 g/mol. The zero-order valence-electron chi connectivity index (χ0n) is 24.5. The number of aromatic nitrogens is 2. The van der Waals surface area contributed by atoms with E-state index in [0.29, 0.717) is 4.57 Å². The number of rotatable bonds is 8. The largest absolute Gasteiger partial charge is 0.480 e. The third-order valence-corrected chi connectivity index (χ3v) is 8.35. The third kappa shape index (κ3) is 5.82. The van der Waals surface area contributed by atoms with Gasteiger partial charge in [-0.2, -0.15) is 4.57 Å². The molecule has 0 saturated carbocycles. The van der Waals surface area contributed by atoms with Crippen molar-refractivity contribution in [2.45, 2.75) is 38.0 Å². The highest BCUT2D eigenvalue weighted by Crippen LogP contribution is 2.44. The van der Waals surface area contributed by atoms with Crippen LogP contribution < -0.4 is 11.2 Å². The SMILES string of the molecule is Cc1cn(C[C@@H]2C[C@H](OCC(=O)O)CN2C(=O)OCC2c3ccccc3-c3ccccc32)c(=O)n(C(=O)c2ccccc2)c1=O. The maximum atomic E-state index is 13.6. The topological polar surface area (TPSA) is 137 Å². The van der Waals surface area contributed by atoms with Gasteiger partial charge in [0.15, 0.2) is 0 Å². The molecular weight excluding hydrogens is 578 g/mol. The molecule has 1 aliphatic carbocycles. The van der Waals surface area contributed by atoms with E-state index >= 15 is 0 Å². The van der Waals surface area contributed by atoms with E-state index in [1.807, 2.05) is 48.5 Å². The van der Waals surface area contributed by atoms with E-state index in [9.17, 15) is 24.0 Å². The highest BCUT2D eigenvalue weighted by molar-refractivity contribution is 5.95. The minimum Gasteiger partial charge on any atom is -0.480 e. The Morgan fingerprint density at radius 3 is 2.16 bits per heavy atom. The van der Waals surface area contributed by atoms with E-state index < -0.39 is 48.0 Å². The lowest BCUT2D eigenvalue weighted by Crippen LogP contribution is -2.47. The van der Waals surface area contributed by atoms with Gasteiger partial charge < -0.3 is 19.5 Å². The second-order valence-corrected chi connectivity index (χ2v) is 11.2.